The van der Waals surface area contributed by atoms with Gasteiger partial charge in [0.1, 0.15) is 11.6 Å². The standard InChI is InChI=1S/C25H41N5O3/c1-6-25(7-2,30-22(31)18(3)4)24(33)29-21(14-11-16-27-19(5)26)23(32)28-17-15-20-12-9-8-10-13-20/h8-10,12-13,18,21,27H,5-7,11,14-17,26H2,1-4H3,(H,28,32)(H,29,33)(H,30,31)/t21-/m0/s1. The van der Waals surface area contributed by atoms with Gasteiger partial charge in [0.2, 0.25) is 17.7 Å². The van der Waals surface area contributed by atoms with E-state index in [4.69, 9.17) is 5.73 Å². The van der Waals surface area contributed by atoms with Gasteiger partial charge in [0, 0.05) is 19.0 Å². The van der Waals surface area contributed by atoms with Crippen LogP contribution in [-0.4, -0.2) is 42.4 Å². The minimum absolute atomic E-state index is 0.191. The first-order valence-electron chi connectivity index (χ1n) is 11.8. The molecule has 33 heavy (non-hydrogen) atoms. The van der Waals surface area contributed by atoms with E-state index >= 15 is 0 Å². The molecule has 1 aromatic carbocycles. The minimum atomic E-state index is -1.06. The number of hydrogen-bond donors (Lipinski definition) is 5. The van der Waals surface area contributed by atoms with Crippen LogP contribution in [0.25, 0.3) is 0 Å². The molecule has 184 valence electrons. The third-order valence-corrected chi connectivity index (χ3v) is 5.73. The van der Waals surface area contributed by atoms with Gasteiger partial charge in [-0.2, -0.15) is 0 Å². The van der Waals surface area contributed by atoms with Crippen LogP contribution in [0.4, 0.5) is 0 Å². The van der Waals surface area contributed by atoms with E-state index < -0.39 is 11.6 Å². The minimum Gasteiger partial charge on any atom is -0.386 e. The van der Waals surface area contributed by atoms with Crippen molar-refractivity contribution in [3.63, 3.8) is 0 Å². The predicted octanol–water partition coefficient (Wildman–Crippen LogP) is 1.96. The van der Waals surface area contributed by atoms with Gasteiger partial charge in [-0.25, -0.2) is 0 Å². The molecule has 0 saturated carbocycles. The molecule has 1 atom stereocenters. The van der Waals surface area contributed by atoms with Gasteiger partial charge in [0.15, 0.2) is 0 Å². The topological polar surface area (TPSA) is 125 Å². The molecule has 0 spiro atoms. The van der Waals surface area contributed by atoms with Gasteiger partial charge < -0.3 is 27.0 Å². The SMILES string of the molecule is C=C(N)NCCC[C@H](NC(=O)C(CC)(CC)NC(=O)C(C)C)C(=O)NCCc1ccccc1. The number of carbonyl (C=O) groups excluding carboxylic acids is 3. The molecular weight excluding hydrogens is 418 g/mol. The summed E-state index contributed by atoms with van der Waals surface area (Å²) in [7, 11) is 0. The lowest BCUT2D eigenvalue weighted by Gasteiger charge is -2.33. The van der Waals surface area contributed by atoms with Crippen LogP contribution in [-0.2, 0) is 20.8 Å². The first-order valence-corrected chi connectivity index (χ1v) is 11.8. The number of carbonyl (C=O) groups is 3. The van der Waals surface area contributed by atoms with Gasteiger partial charge >= 0.3 is 0 Å². The van der Waals surface area contributed by atoms with Gasteiger partial charge in [-0.15, -0.1) is 0 Å². The van der Waals surface area contributed by atoms with Crippen molar-refractivity contribution in [1.82, 2.24) is 21.3 Å². The number of nitrogens with two attached hydrogens (primary N) is 1. The summed E-state index contributed by atoms with van der Waals surface area (Å²) >= 11 is 0. The molecule has 0 aliphatic carbocycles. The molecule has 0 unspecified atom stereocenters. The van der Waals surface area contributed by atoms with Crippen molar-refractivity contribution in [3.8, 4) is 0 Å². The molecule has 6 N–H and O–H groups in total. The van der Waals surface area contributed by atoms with Crippen LogP contribution in [0.1, 0.15) is 58.9 Å². The Morgan fingerprint density at radius 2 is 1.64 bits per heavy atom. The van der Waals surface area contributed by atoms with Crippen molar-refractivity contribution >= 4 is 17.7 Å². The van der Waals surface area contributed by atoms with E-state index in [-0.39, 0.29) is 23.6 Å². The maximum Gasteiger partial charge on any atom is 0.246 e. The average molecular weight is 460 g/mol. The molecule has 8 heteroatoms. The molecular formula is C25H41N5O3. The molecule has 0 aliphatic heterocycles. The Labute approximate surface area is 198 Å². The molecule has 8 nitrogen and oxygen atoms in total. The Kier molecular flexibility index (Phi) is 12.0. The molecule has 0 radical (unpaired) electrons. The third kappa shape index (κ3) is 9.55. The third-order valence-electron chi connectivity index (χ3n) is 5.73. The molecule has 0 bridgehead atoms. The van der Waals surface area contributed by atoms with Crippen LogP contribution in [0.15, 0.2) is 42.7 Å². The second kappa shape index (κ2) is 14.2. The second-order valence-electron chi connectivity index (χ2n) is 8.58. The molecule has 1 rings (SSSR count). The fraction of sp³-hybridized carbons (Fsp3) is 0.560. The number of benzene rings is 1. The summed E-state index contributed by atoms with van der Waals surface area (Å²) in [6.07, 6.45) is 2.57. The van der Waals surface area contributed by atoms with Crippen LogP contribution in [0.2, 0.25) is 0 Å². The van der Waals surface area contributed by atoms with Crippen molar-refractivity contribution in [2.75, 3.05) is 13.1 Å². The van der Waals surface area contributed by atoms with Gasteiger partial charge in [0.05, 0.1) is 5.82 Å². The summed E-state index contributed by atoms with van der Waals surface area (Å²) in [5.74, 6) is -0.676. The van der Waals surface area contributed by atoms with Gasteiger partial charge in [0.25, 0.3) is 0 Å². The Hall–Kier alpha value is -3.03. The van der Waals surface area contributed by atoms with Crippen LogP contribution in [0, 0.1) is 5.92 Å². The molecule has 0 heterocycles. The van der Waals surface area contributed by atoms with E-state index in [1.165, 1.54) is 0 Å². The normalized spacial score (nSPS) is 12.0. The molecule has 1 aromatic rings. The number of nitrogens with one attached hydrogen (secondary N) is 4. The van der Waals surface area contributed by atoms with Crippen molar-refractivity contribution in [1.29, 1.82) is 0 Å². The number of amides is 3. The zero-order chi connectivity index (χ0) is 24.9. The molecule has 0 fully saturated rings. The van der Waals surface area contributed by atoms with Crippen molar-refractivity contribution in [3.05, 3.63) is 48.3 Å². The van der Waals surface area contributed by atoms with E-state index in [0.717, 1.165) is 5.56 Å². The van der Waals surface area contributed by atoms with Gasteiger partial charge in [-0.1, -0.05) is 64.6 Å². The zero-order valence-corrected chi connectivity index (χ0v) is 20.5. The van der Waals surface area contributed by atoms with Crippen molar-refractivity contribution in [2.45, 2.75) is 71.4 Å². The van der Waals surface area contributed by atoms with Gasteiger partial charge in [-0.3, -0.25) is 14.4 Å². The highest BCUT2D eigenvalue weighted by Crippen LogP contribution is 2.17. The molecule has 0 aromatic heterocycles. The summed E-state index contributed by atoms with van der Waals surface area (Å²) in [5.41, 5.74) is 5.60. The summed E-state index contributed by atoms with van der Waals surface area (Å²) < 4.78 is 0. The van der Waals surface area contributed by atoms with E-state index in [0.29, 0.717) is 51.0 Å². The number of hydrogen-bond acceptors (Lipinski definition) is 5. The van der Waals surface area contributed by atoms with Crippen LogP contribution in [0.3, 0.4) is 0 Å². The Bertz CT molecular complexity index is 776. The fourth-order valence-electron chi connectivity index (χ4n) is 3.40. The van der Waals surface area contributed by atoms with Crippen LogP contribution < -0.4 is 27.0 Å². The monoisotopic (exact) mass is 459 g/mol. The molecule has 3 amide bonds. The Balaban J connectivity index is 2.86. The van der Waals surface area contributed by atoms with E-state index in [1.54, 1.807) is 13.8 Å². The first-order chi connectivity index (χ1) is 15.6. The quantitative estimate of drug-likeness (QED) is 0.256. The smallest absolute Gasteiger partial charge is 0.246 e. The molecule has 0 saturated heterocycles. The predicted molar refractivity (Wildman–Crippen MR) is 132 cm³/mol. The summed E-state index contributed by atoms with van der Waals surface area (Å²) in [5, 5.41) is 11.7. The van der Waals surface area contributed by atoms with Crippen LogP contribution >= 0.6 is 0 Å². The van der Waals surface area contributed by atoms with E-state index in [2.05, 4.69) is 27.8 Å². The fourth-order valence-corrected chi connectivity index (χ4v) is 3.40. The van der Waals surface area contributed by atoms with Crippen molar-refractivity contribution < 1.29 is 14.4 Å². The maximum absolute atomic E-state index is 13.3. The Morgan fingerprint density at radius 1 is 1.00 bits per heavy atom. The van der Waals surface area contributed by atoms with Crippen LogP contribution in [0.5, 0.6) is 0 Å². The maximum atomic E-state index is 13.3. The lowest BCUT2D eigenvalue weighted by atomic mass is 9.90. The largest absolute Gasteiger partial charge is 0.386 e. The number of rotatable bonds is 15. The highest BCUT2D eigenvalue weighted by Gasteiger charge is 2.38. The van der Waals surface area contributed by atoms with E-state index in [1.807, 2.05) is 44.2 Å². The molecule has 0 aliphatic rings. The zero-order valence-electron chi connectivity index (χ0n) is 20.5. The highest BCUT2D eigenvalue weighted by atomic mass is 16.2. The van der Waals surface area contributed by atoms with Gasteiger partial charge in [-0.05, 0) is 37.7 Å². The second-order valence-corrected chi connectivity index (χ2v) is 8.58. The van der Waals surface area contributed by atoms with Crippen molar-refractivity contribution in [2.24, 2.45) is 11.7 Å². The lowest BCUT2D eigenvalue weighted by molar-refractivity contribution is -0.137. The summed E-state index contributed by atoms with van der Waals surface area (Å²) in [6, 6.07) is 9.15. The van der Waals surface area contributed by atoms with E-state index in [9.17, 15) is 14.4 Å². The summed E-state index contributed by atoms with van der Waals surface area (Å²) in [4.78, 5) is 38.6. The lowest BCUT2D eigenvalue weighted by Crippen LogP contribution is -2.62. The first kappa shape index (κ1) is 28.0. The summed E-state index contributed by atoms with van der Waals surface area (Å²) in [6.45, 7) is 11.9. The highest BCUT2D eigenvalue weighted by molar-refractivity contribution is 5.95. The Morgan fingerprint density at radius 3 is 2.18 bits per heavy atom. The average Bonchev–Trinajstić information content (AvgIpc) is 2.79.